The van der Waals surface area contributed by atoms with Crippen molar-refractivity contribution in [3.05, 3.63) is 44.1 Å². The summed E-state index contributed by atoms with van der Waals surface area (Å²) in [6.45, 7) is 4.15. The van der Waals surface area contributed by atoms with Gasteiger partial charge in [0.05, 0.1) is 12.2 Å². The maximum atomic E-state index is 12.3. The standard InChI is InChI=1S/C23H31BrO5S/c1-14-17(23(24)15(2)30-14)11-9-16(25)10-12-19-18(20(26)13-21(19)27)7-5-3-4-6-8-22(28)29/h3,5,10,12,16,18-19,21,25,27H,4,6-9,11,13H2,1-2H3,(H,28,29)/t16?,18-,19-,21-/m1/s1. The van der Waals surface area contributed by atoms with Gasteiger partial charge >= 0.3 is 5.97 Å². The molecule has 0 saturated heterocycles. The van der Waals surface area contributed by atoms with Crippen LogP contribution >= 0.6 is 27.3 Å². The smallest absolute Gasteiger partial charge is 0.303 e. The van der Waals surface area contributed by atoms with Crippen molar-refractivity contribution in [3.63, 3.8) is 0 Å². The van der Waals surface area contributed by atoms with Crippen LogP contribution in [0.3, 0.4) is 0 Å². The Bertz CT molecular complexity index is 798. The molecule has 30 heavy (non-hydrogen) atoms. The molecule has 0 aromatic carbocycles. The molecule has 0 aliphatic heterocycles. The SMILES string of the molecule is Cc1sc(C)c(CCC(O)C=C[C@H]2[C@H](O)CC(=O)[C@@H]2CC=CCCCC(=O)O)c1Br. The summed E-state index contributed by atoms with van der Waals surface area (Å²) < 4.78 is 1.12. The minimum atomic E-state index is -0.807. The number of carbonyl (C=O) groups excluding carboxylic acids is 1. The molecule has 1 aromatic rings. The molecular weight excluding hydrogens is 468 g/mol. The monoisotopic (exact) mass is 498 g/mol. The summed E-state index contributed by atoms with van der Waals surface area (Å²) in [6.07, 6.45) is 9.32. The number of allylic oxidation sites excluding steroid dienone is 2. The first-order chi connectivity index (χ1) is 14.2. The summed E-state index contributed by atoms with van der Waals surface area (Å²) in [7, 11) is 0. The average molecular weight is 499 g/mol. The van der Waals surface area contributed by atoms with E-state index in [1.54, 1.807) is 23.5 Å². The summed E-state index contributed by atoms with van der Waals surface area (Å²) in [5.41, 5.74) is 1.23. The number of aliphatic hydroxyl groups excluding tert-OH is 2. The molecule has 166 valence electrons. The number of thiophene rings is 1. The van der Waals surface area contributed by atoms with E-state index in [1.807, 2.05) is 12.2 Å². The zero-order valence-electron chi connectivity index (χ0n) is 17.5. The second kappa shape index (κ2) is 11.9. The molecule has 0 spiro atoms. The van der Waals surface area contributed by atoms with Crippen molar-refractivity contribution >= 4 is 39.0 Å². The zero-order chi connectivity index (χ0) is 22.3. The minimum Gasteiger partial charge on any atom is -0.481 e. The topological polar surface area (TPSA) is 94.8 Å². The molecule has 1 aromatic heterocycles. The number of carbonyl (C=O) groups is 2. The third-order valence-electron chi connectivity index (χ3n) is 5.60. The van der Waals surface area contributed by atoms with Crippen LogP contribution in [0.25, 0.3) is 0 Å². The summed E-state index contributed by atoms with van der Waals surface area (Å²) >= 11 is 5.36. The fraction of sp³-hybridized carbons (Fsp3) is 0.565. The van der Waals surface area contributed by atoms with Crippen LogP contribution in [-0.4, -0.2) is 39.3 Å². The highest BCUT2D eigenvalue weighted by atomic mass is 79.9. The van der Waals surface area contributed by atoms with Crippen LogP contribution in [-0.2, 0) is 16.0 Å². The molecule has 5 nitrogen and oxygen atoms in total. The van der Waals surface area contributed by atoms with Crippen molar-refractivity contribution < 1.29 is 24.9 Å². The molecule has 0 amide bonds. The van der Waals surface area contributed by atoms with Gasteiger partial charge in [0.15, 0.2) is 0 Å². The van der Waals surface area contributed by atoms with Gasteiger partial charge in [-0.1, -0.05) is 24.3 Å². The van der Waals surface area contributed by atoms with Gasteiger partial charge in [-0.05, 0) is 67.4 Å². The third kappa shape index (κ3) is 7.15. The molecule has 0 bridgehead atoms. The first-order valence-corrected chi connectivity index (χ1v) is 12.0. The second-order valence-corrected chi connectivity index (χ2v) is 10.1. The van der Waals surface area contributed by atoms with Crippen molar-refractivity contribution in [2.24, 2.45) is 11.8 Å². The van der Waals surface area contributed by atoms with E-state index >= 15 is 0 Å². The van der Waals surface area contributed by atoms with E-state index in [0.717, 1.165) is 10.9 Å². The lowest BCUT2D eigenvalue weighted by Crippen LogP contribution is -2.19. The highest BCUT2D eigenvalue weighted by molar-refractivity contribution is 9.10. The van der Waals surface area contributed by atoms with Crippen LogP contribution < -0.4 is 0 Å². The van der Waals surface area contributed by atoms with Crippen LogP contribution in [0.15, 0.2) is 28.8 Å². The number of carboxylic acids is 1. The van der Waals surface area contributed by atoms with Gasteiger partial charge in [0.25, 0.3) is 0 Å². The molecular formula is C23H31BrO5S. The number of halogens is 1. The molecule has 1 saturated carbocycles. The van der Waals surface area contributed by atoms with E-state index in [0.29, 0.717) is 25.7 Å². The molecule has 1 aliphatic carbocycles. The largest absolute Gasteiger partial charge is 0.481 e. The maximum Gasteiger partial charge on any atom is 0.303 e. The van der Waals surface area contributed by atoms with Crippen molar-refractivity contribution in [2.75, 3.05) is 0 Å². The van der Waals surface area contributed by atoms with Gasteiger partial charge in [-0.25, -0.2) is 0 Å². The number of hydrogen-bond donors (Lipinski definition) is 3. The number of ketones is 1. The second-order valence-electron chi connectivity index (χ2n) is 7.91. The number of unbranched alkanes of at least 4 members (excludes halogenated alkanes) is 1. The molecule has 1 fully saturated rings. The molecule has 4 atom stereocenters. The third-order valence-corrected chi connectivity index (χ3v) is 8.00. The molecule has 1 heterocycles. The summed E-state index contributed by atoms with van der Waals surface area (Å²) in [4.78, 5) is 25.3. The fourth-order valence-corrected chi connectivity index (χ4v) is 5.76. The van der Waals surface area contributed by atoms with E-state index in [1.165, 1.54) is 15.3 Å². The molecule has 1 unspecified atom stereocenters. The van der Waals surface area contributed by atoms with Gasteiger partial charge in [-0.15, -0.1) is 11.3 Å². The van der Waals surface area contributed by atoms with Crippen molar-refractivity contribution in [2.45, 2.75) is 71.0 Å². The number of aryl methyl sites for hydroxylation is 2. The van der Waals surface area contributed by atoms with Crippen LogP contribution in [0.5, 0.6) is 0 Å². The van der Waals surface area contributed by atoms with Gasteiger partial charge in [-0.2, -0.15) is 0 Å². The van der Waals surface area contributed by atoms with Crippen molar-refractivity contribution in [1.29, 1.82) is 0 Å². The lowest BCUT2D eigenvalue weighted by atomic mass is 9.90. The van der Waals surface area contributed by atoms with E-state index in [4.69, 9.17) is 5.11 Å². The van der Waals surface area contributed by atoms with E-state index < -0.39 is 18.2 Å². The Labute approximate surface area is 190 Å². The van der Waals surface area contributed by atoms with Crippen LogP contribution in [0.4, 0.5) is 0 Å². The van der Waals surface area contributed by atoms with Gasteiger partial charge < -0.3 is 15.3 Å². The van der Waals surface area contributed by atoms with E-state index in [2.05, 4.69) is 29.8 Å². The number of Topliss-reactive ketones (excluding diaryl/α,β-unsaturated/α-hetero) is 1. The number of hydrogen-bond acceptors (Lipinski definition) is 5. The lowest BCUT2D eigenvalue weighted by Gasteiger charge is -2.16. The number of carboxylic acid groups (broad SMARTS) is 1. The lowest BCUT2D eigenvalue weighted by molar-refractivity contribution is -0.137. The van der Waals surface area contributed by atoms with Gasteiger partial charge in [-0.3, -0.25) is 9.59 Å². The summed E-state index contributed by atoms with van der Waals surface area (Å²) in [6, 6.07) is 0. The summed E-state index contributed by atoms with van der Waals surface area (Å²) in [5.74, 6) is -1.36. The van der Waals surface area contributed by atoms with Crippen LogP contribution in [0.2, 0.25) is 0 Å². The first-order valence-electron chi connectivity index (χ1n) is 10.4. The van der Waals surface area contributed by atoms with Gasteiger partial charge in [0.2, 0.25) is 0 Å². The highest BCUT2D eigenvalue weighted by Gasteiger charge is 2.39. The van der Waals surface area contributed by atoms with Gasteiger partial charge in [0.1, 0.15) is 5.78 Å². The highest BCUT2D eigenvalue weighted by Crippen LogP contribution is 2.34. The van der Waals surface area contributed by atoms with Crippen LogP contribution in [0, 0.1) is 25.7 Å². The number of aliphatic hydroxyl groups is 2. The predicted molar refractivity (Wildman–Crippen MR) is 123 cm³/mol. The predicted octanol–water partition coefficient (Wildman–Crippen LogP) is 4.74. The van der Waals surface area contributed by atoms with Crippen LogP contribution in [0.1, 0.15) is 53.8 Å². The van der Waals surface area contributed by atoms with Crippen molar-refractivity contribution in [3.8, 4) is 0 Å². The minimum absolute atomic E-state index is 0.0372. The molecule has 7 heteroatoms. The number of aliphatic carboxylic acids is 1. The first kappa shape index (κ1) is 25.0. The van der Waals surface area contributed by atoms with E-state index in [-0.39, 0.29) is 30.5 Å². The van der Waals surface area contributed by atoms with Gasteiger partial charge in [0, 0.05) is 38.9 Å². The quantitative estimate of drug-likeness (QED) is 0.302. The molecule has 0 radical (unpaired) electrons. The maximum absolute atomic E-state index is 12.3. The molecule has 2 rings (SSSR count). The number of rotatable bonds is 11. The Morgan fingerprint density at radius 1 is 1.30 bits per heavy atom. The Morgan fingerprint density at radius 3 is 2.67 bits per heavy atom. The Morgan fingerprint density at radius 2 is 2.03 bits per heavy atom. The summed E-state index contributed by atoms with van der Waals surface area (Å²) in [5, 5.41) is 29.3. The normalized spacial score (nSPS) is 23.1. The Balaban J connectivity index is 1.88. The molecule has 1 aliphatic rings. The Kier molecular flexibility index (Phi) is 9.94. The average Bonchev–Trinajstić information content (AvgIpc) is 3.08. The van der Waals surface area contributed by atoms with E-state index in [9.17, 15) is 19.8 Å². The molecule has 3 N–H and O–H groups in total. The Hall–Kier alpha value is -1.28. The van der Waals surface area contributed by atoms with Crippen molar-refractivity contribution in [1.82, 2.24) is 0 Å². The zero-order valence-corrected chi connectivity index (χ0v) is 19.9. The fourth-order valence-electron chi connectivity index (χ4n) is 3.89.